The van der Waals surface area contributed by atoms with Gasteiger partial charge in [-0.25, -0.2) is 4.79 Å². The molecule has 1 N–H and O–H groups in total. The molecule has 0 bridgehead atoms. The lowest BCUT2D eigenvalue weighted by Gasteiger charge is -2.12. The van der Waals surface area contributed by atoms with Crippen LogP contribution >= 0.6 is 11.3 Å². The standard InChI is InChI=1S/C22H24N2O3S/c1-4-27-22(26)20-15(2)19(21(25)23-13-18-11-8-12-28-18)16(3)24(20)14-17-9-6-5-7-10-17/h5-12H,4,13-14H2,1-3H3,(H,23,25). The van der Waals surface area contributed by atoms with Gasteiger partial charge in [-0.3, -0.25) is 4.79 Å². The summed E-state index contributed by atoms with van der Waals surface area (Å²) in [5.41, 5.74) is 3.43. The Morgan fingerprint density at radius 3 is 2.50 bits per heavy atom. The van der Waals surface area contributed by atoms with Gasteiger partial charge in [0, 0.05) is 17.1 Å². The molecule has 0 aliphatic rings. The van der Waals surface area contributed by atoms with E-state index in [1.165, 1.54) is 0 Å². The van der Waals surface area contributed by atoms with Crippen molar-refractivity contribution in [1.29, 1.82) is 0 Å². The topological polar surface area (TPSA) is 60.3 Å². The number of aromatic nitrogens is 1. The molecule has 0 fully saturated rings. The number of carbonyl (C=O) groups is 2. The fourth-order valence-electron chi connectivity index (χ4n) is 3.32. The fraction of sp³-hybridized carbons (Fsp3) is 0.273. The number of nitrogens with zero attached hydrogens (tertiary/aromatic N) is 1. The van der Waals surface area contributed by atoms with Crippen molar-refractivity contribution in [1.82, 2.24) is 9.88 Å². The van der Waals surface area contributed by atoms with Gasteiger partial charge in [-0.15, -0.1) is 11.3 Å². The van der Waals surface area contributed by atoms with Gasteiger partial charge in [0.15, 0.2) is 0 Å². The summed E-state index contributed by atoms with van der Waals surface area (Å²) < 4.78 is 7.14. The number of ether oxygens (including phenoxy) is 1. The smallest absolute Gasteiger partial charge is 0.355 e. The zero-order valence-electron chi connectivity index (χ0n) is 16.3. The second kappa shape index (κ2) is 8.89. The van der Waals surface area contributed by atoms with Gasteiger partial charge in [-0.1, -0.05) is 36.4 Å². The number of hydrogen-bond donors (Lipinski definition) is 1. The lowest BCUT2D eigenvalue weighted by atomic mass is 10.1. The van der Waals surface area contributed by atoms with Crippen molar-refractivity contribution >= 4 is 23.2 Å². The van der Waals surface area contributed by atoms with E-state index in [4.69, 9.17) is 4.74 Å². The highest BCUT2D eigenvalue weighted by Crippen LogP contribution is 2.25. The largest absolute Gasteiger partial charge is 0.461 e. The lowest BCUT2D eigenvalue weighted by Crippen LogP contribution is -2.23. The van der Waals surface area contributed by atoms with E-state index in [-0.39, 0.29) is 12.5 Å². The normalized spacial score (nSPS) is 10.7. The Balaban J connectivity index is 1.96. The molecular weight excluding hydrogens is 372 g/mol. The monoisotopic (exact) mass is 396 g/mol. The van der Waals surface area contributed by atoms with E-state index in [0.29, 0.717) is 29.9 Å². The van der Waals surface area contributed by atoms with E-state index < -0.39 is 5.97 Å². The molecule has 0 atom stereocenters. The second-order valence-electron chi connectivity index (χ2n) is 6.49. The number of rotatable bonds is 7. The fourth-order valence-corrected chi connectivity index (χ4v) is 3.97. The van der Waals surface area contributed by atoms with Crippen LogP contribution in [0.3, 0.4) is 0 Å². The molecule has 0 radical (unpaired) electrons. The average molecular weight is 397 g/mol. The summed E-state index contributed by atoms with van der Waals surface area (Å²) in [5.74, 6) is -0.586. The van der Waals surface area contributed by atoms with Gasteiger partial charge in [0.1, 0.15) is 5.69 Å². The van der Waals surface area contributed by atoms with Gasteiger partial charge in [0.25, 0.3) is 5.91 Å². The number of thiophene rings is 1. The van der Waals surface area contributed by atoms with Crippen molar-refractivity contribution in [3.05, 3.63) is 80.8 Å². The van der Waals surface area contributed by atoms with E-state index in [0.717, 1.165) is 16.1 Å². The first-order chi connectivity index (χ1) is 13.5. The third-order valence-corrected chi connectivity index (χ3v) is 5.53. The van der Waals surface area contributed by atoms with Gasteiger partial charge in [0.2, 0.25) is 0 Å². The van der Waals surface area contributed by atoms with E-state index >= 15 is 0 Å². The number of esters is 1. The molecule has 2 aromatic heterocycles. The summed E-state index contributed by atoms with van der Waals surface area (Å²) in [6.45, 7) is 6.71. The van der Waals surface area contributed by atoms with Crippen LogP contribution in [0.2, 0.25) is 0 Å². The van der Waals surface area contributed by atoms with Crippen LogP contribution in [0.1, 0.15) is 49.5 Å². The van der Waals surface area contributed by atoms with Crippen molar-refractivity contribution < 1.29 is 14.3 Å². The molecule has 3 aromatic rings. The first kappa shape index (κ1) is 19.9. The molecule has 0 unspecified atom stereocenters. The predicted molar refractivity (Wildman–Crippen MR) is 111 cm³/mol. The van der Waals surface area contributed by atoms with Crippen LogP contribution < -0.4 is 5.32 Å². The number of hydrogen-bond acceptors (Lipinski definition) is 4. The molecule has 146 valence electrons. The third-order valence-electron chi connectivity index (χ3n) is 4.65. The van der Waals surface area contributed by atoms with E-state index in [9.17, 15) is 9.59 Å². The molecule has 0 saturated carbocycles. The van der Waals surface area contributed by atoms with Crippen LogP contribution in [-0.4, -0.2) is 23.1 Å². The third kappa shape index (κ3) is 4.17. The van der Waals surface area contributed by atoms with Crippen molar-refractivity contribution in [2.24, 2.45) is 0 Å². The second-order valence-corrected chi connectivity index (χ2v) is 7.52. The molecule has 6 heteroatoms. The molecule has 1 aromatic carbocycles. The summed E-state index contributed by atoms with van der Waals surface area (Å²) in [6.07, 6.45) is 0. The van der Waals surface area contributed by atoms with Crippen LogP contribution in [0.25, 0.3) is 0 Å². The highest BCUT2D eigenvalue weighted by atomic mass is 32.1. The van der Waals surface area contributed by atoms with Gasteiger partial charge in [-0.2, -0.15) is 0 Å². The Hall–Kier alpha value is -2.86. The van der Waals surface area contributed by atoms with Gasteiger partial charge >= 0.3 is 5.97 Å². The zero-order valence-corrected chi connectivity index (χ0v) is 17.1. The maximum atomic E-state index is 12.9. The summed E-state index contributed by atoms with van der Waals surface area (Å²) in [5, 5.41) is 4.94. The van der Waals surface area contributed by atoms with E-state index in [1.807, 2.05) is 59.3 Å². The van der Waals surface area contributed by atoms with Crippen LogP contribution in [-0.2, 0) is 17.8 Å². The molecule has 3 rings (SSSR count). The Morgan fingerprint density at radius 1 is 1.11 bits per heavy atom. The van der Waals surface area contributed by atoms with Crippen LogP contribution in [0.5, 0.6) is 0 Å². The molecule has 0 aliphatic heterocycles. The van der Waals surface area contributed by atoms with Crippen molar-refractivity contribution in [3.63, 3.8) is 0 Å². The maximum Gasteiger partial charge on any atom is 0.355 e. The molecule has 0 spiro atoms. The van der Waals surface area contributed by atoms with Gasteiger partial charge in [-0.05, 0) is 43.3 Å². The summed E-state index contributed by atoms with van der Waals surface area (Å²) >= 11 is 1.60. The summed E-state index contributed by atoms with van der Waals surface area (Å²) in [7, 11) is 0. The van der Waals surface area contributed by atoms with Crippen molar-refractivity contribution in [2.45, 2.75) is 33.9 Å². The summed E-state index contributed by atoms with van der Waals surface area (Å²) in [6, 6.07) is 13.8. The Bertz CT molecular complexity index is 960. The number of carbonyl (C=O) groups excluding carboxylic acids is 2. The number of benzene rings is 1. The van der Waals surface area contributed by atoms with Gasteiger partial charge < -0.3 is 14.6 Å². The minimum absolute atomic E-state index is 0.180. The molecule has 2 heterocycles. The van der Waals surface area contributed by atoms with E-state index in [1.54, 1.807) is 25.2 Å². The molecule has 0 saturated heterocycles. The van der Waals surface area contributed by atoms with E-state index in [2.05, 4.69) is 5.32 Å². The first-order valence-corrected chi connectivity index (χ1v) is 10.1. The minimum Gasteiger partial charge on any atom is -0.461 e. The van der Waals surface area contributed by atoms with Crippen LogP contribution in [0, 0.1) is 13.8 Å². The quantitative estimate of drug-likeness (QED) is 0.605. The number of nitrogens with one attached hydrogen (secondary N) is 1. The zero-order chi connectivity index (χ0) is 20.1. The molecule has 28 heavy (non-hydrogen) atoms. The highest BCUT2D eigenvalue weighted by molar-refractivity contribution is 7.09. The lowest BCUT2D eigenvalue weighted by molar-refractivity contribution is 0.0513. The van der Waals surface area contributed by atoms with Crippen LogP contribution in [0.15, 0.2) is 47.8 Å². The van der Waals surface area contributed by atoms with Crippen molar-refractivity contribution in [3.8, 4) is 0 Å². The maximum absolute atomic E-state index is 12.9. The average Bonchev–Trinajstić information content (AvgIpc) is 3.28. The first-order valence-electron chi connectivity index (χ1n) is 9.24. The molecule has 5 nitrogen and oxygen atoms in total. The van der Waals surface area contributed by atoms with Crippen molar-refractivity contribution in [2.75, 3.05) is 6.61 Å². The Labute approximate surface area is 169 Å². The minimum atomic E-state index is -0.406. The summed E-state index contributed by atoms with van der Waals surface area (Å²) in [4.78, 5) is 26.6. The molecule has 0 aliphatic carbocycles. The Kier molecular flexibility index (Phi) is 6.31. The highest BCUT2D eigenvalue weighted by Gasteiger charge is 2.27. The van der Waals surface area contributed by atoms with Crippen LogP contribution in [0.4, 0.5) is 0 Å². The SMILES string of the molecule is CCOC(=O)c1c(C)c(C(=O)NCc2cccs2)c(C)n1Cc1ccccc1. The molecule has 1 amide bonds. The number of amides is 1. The molecular formula is C22H24N2O3S. The Morgan fingerprint density at radius 2 is 1.86 bits per heavy atom. The predicted octanol–water partition coefficient (Wildman–Crippen LogP) is 4.32. The van der Waals surface area contributed by atoms with Gasteiger partial charge in [0.05, 0.1) is 18.7 Å².